The predicted octanol–water partition coefficient (Wildman–Crippen LogP) is 0.941. The molecular formula is C10H17N3O. The topological polar surface area (TPSA) is 46.9 Å². The van der Waals surface area contributed by atoms with Gasteiger partial charge >= 0.3 is 0 Å². The van der Waals surface area contributed by atoms with Crippen molar-refractivity contribution in [2.45, 2.75) is 20.4 Å². The van der Waals surface area contributed by atoms with E-state index in [1.165, 1.54) is 0 Å². The minimum absolute atomic E-state index is 0.0886. The van der Waals surface area contributed by atoms with E-state index in [0.717, 1.165) is 6.54 Å². The monoisotopic (exact) mass is 195 g/mol. The quantitative estimate of drug-likeness (QED) is 0.711. The van der Waals surface area contributed by atoms with Crippen molar-refractivity contribution in [2.75, 3.05) is 13.6 Å². The standard InChI is InChI=1S/C10H17N3O/c1-8(2)7-13-9(4-5-12-13)10(14)6-11-3/h4-5,8,11H,6-7H2,1-3H3. The van der Waals surface area contributed by atoms with E-state index in [1.54, 1.807) is 24.0 Å². The molecular weight excluding hydrogens is 178 g/mol. The highest BCUT2D eigenvalue weighted by Crippen LogP contribution is 2.04. The number of hydrogen-bond donors (Lipinski definition) is 1. The maximum atomic E-state index is 11.6. The lowest BCUT2D eigenvalue weighted by Gasteiger charge is -2.08. The van der Waals surface area contributed by atoms with Crippen molar-refractivity contribution in [2.24, 2.45) is 5.92 Å². The molecule has 0 atom stereocenters. The first kappa shape index (κ1) is 10.9. The molecule has 0 spiro atoms. The van der Waals surface area contributed by atoms with Crippen LogP contribution < -0.4 is 5.32 Å². The second-order valence-corrected chi connectivity index (χ2v) is 3.75. The molecule has 1 heterocycles. The fraction of sp³-hybridized carbons (Fsp3) is 0.600. The molecule has 0 radical (unpaired) electrons. The van der Waals surface area contributed by atoms with Gasteiger partial charge in [0.05, 0.1) is 6.54 Å². The number of carbonyl (C=O) groups is 1. The van der Waals surface area contributed by atoms with Gasteiger partial charge < -0.3 is 5.32 Å². The number of Topliss-reactive ketones (excluding diaryl/α,β-unsaturated/α-hetero) is 1. The molecule has 0 saturated carbocycles. The lowest BCUT2D eigenvalue weighted by Crippen LogP contribution is -2.22. The van der Waals surface area contributed by atoms with Gasteiger partial charge in [-0.3, -0.25) is 9.48 Å². The van der Waals surface area contributed by atoms with Crippen LogP contribution >= 0.6 is 0 Å². The van der Waals surface area contributed by atoms with E-state index >= 15 is 0 Å². The minimum atomic E-state index is 0.0886. The van der Waals surface area contributed by atoms with E-state index in [1.807, 2.05) is 0 Å². The lowest BCUT2D eigenvalue weighted by molar-refractivity contribution is 0.0982. The summed E-state index contributed by atoms with van der Waals surface area (Å²) in [6.45, 7) is 5.36. The average molecular weight is 195 g/mol. The maximum Gasteiger partial charge on any atom is 0.194 e. The molecule has 4 nitrogen and oxygen atoms in total. The highest BCUT2D eigenvalue weighted by molar-refractivity contribution is 5.95. The number of nitrogens with zero attached hydrogens (tertiary/aromatic N) is 2. The van der Waals surface area contributed by atoms with Gasteiger partial charge in [0.15, 0.2) is 5.78 Å². The molecule has 1 aromatic rings. The first-order valence-electron chi connectivity index (χ1n) is 4.84. The van der Waals surface area contributed by atoms with Gasteiger partial charge in [0.2, 0.25) is 0 Å². The van der Waals surface area contributed by atoms with Crippen LogP contribution in [0.1, 0.15) is 24.3 Å². The number of ketones is 1. The second kappa shape index (κ2) is 4.91. The molecule has 78 valence electrons. The zero-order chi connectivity index (χ0) is 10.6. The Hall–Kier alpha value is -1.16. The Morgan fingerprint density at radius 2 is 2.36 bits per heavy atom. The van der Waals surface area contributed by atoms with Gasteiger partial charge in [0, 0.05) is 12.7 Å². The van der Waals surface area contributed by atoms with Crippen LogP contribution in [0.4, 0.5) is 0 Å². The Morgan fingerprint density at radius 1 is 1.64 bits per heavy atom. The van der Waals surface area contributed by atoms with Crippen molar-refractivity contribution < 1.29 is 4.79 Å². The zero-order valence-corrected chi connectivity index (χ0v) is 8.95. The number of nitrogens with one attached hydrogen (secondary N) is 1. The number of carbonyl (C=O) groups excluding carboxylic acids is 1. The summed E-state index contributed by atoms with van der Waals surface area (Å²) in [5, 5.41) is 6.97. The molecule has 1 aromatic heterocycles. The van der Waals surface area contributed by atoms with E-state index in [9.17, 15) is 4.79 Å². The van der Waals surface area contributed by atoms with Gasteiger partial charge in [-0.05, 0) is 19.0 Å². The Kier molecular flexibility index (Phi) is 3.83. The predicted molar refractivity (Wildman–Crippen MR) is 55.3 cm³/mol. The van der Waals surface area contributed by atoms with Crippen molar-refractivity contribution in [3.05, 3.63) is 18.0 Å². The molecule has 1 rings (SSSR count). The third kappa shape index (κ3) is 2.67. The van der Waals surface area contributed by atoms with Crippen LogP contribution in [0.25, 0.3) is 0 Å². The smallest absolute Gasteiger partial charge is 0.194 e. The fourth-order valence-corrected chi connectivity index (χ4v) is 1.31. The lowest BCUT2D eigenvalue weighted by atomic mass is 10.2. The molecule has 0 aliphatic rings. The summed E-state index contributed by atoms with van der Waals surface area (Å²) in [5.74, 6) is 0.585. The third-order valence-corrected chi connectivity index (χ3v) is 1.88. The largest absolute Gasteiger partial charge is 0.313 e. The number of likely N-dealkylation sites (N-methyl/N-ethyl adjacent to an activating group) is 1. The fourth-order valence-electron chi connectivity index (χ4n) is 1.31. The van der Waals surface area contributed by atoms with Gasteiger partial charge in [-0.1, -0.05) is 13.8 Å². The molecule has 4 heteroatoms. The summed E-state index contributed by atoms with van der Waals surface area (Å²) in [4.78, 5) is 11.6. The Balaban J connectivity index is 2.76. The van der Waals surface area contributed by atoms with Gasteiger partial charge in [0.25, 0.3) is 0 Å². The molecule has 14 heavy (non-hydrogen) atoms. The van der Waals surface area contributed by atoms with Gasteiger partial charge in [0.1, 0.15) is 5.69 Å². The van der Waals surface area contributed by atoms with Crippen molar-refractivity contribution in [3.8, 4) is 0 Å². The van der Waals surface area contributed by atoms with Gasteiger partial charge in [-0.15, -0.1) is 0 Å². The van der Waals surface area contributed by atoms with Crippen LogP contribution in [-0.2, 0) is 6.54 Å². The Morgan fingerprint density at radius 3 is 2.93 bits per heavy atom. The van der Waals surface area contributed by atoms with Crippen LogP contribution in [0.3, 0.4) is 0 Å². The SMILES string of the molecule is CNCC(=O)c1ccnn1CC(C)C. The van der Waals surface area contributed by atoms with Gasteiger partial charge in [-0.2, -0.15) is 5.10 Å². The average Bonchev–Trinajstić information content (AvgIpc) is 2.51. The summed E-state index contributed by atoms with van der Waals surface area (Å²) in [5.41, 5.74) is 0.688. The van der Waals surface area contributed by atoms with E-state index < -0.39 is 0 Å². The van der Waals surface area contributed by atoms with Crippen molar-refractivity contribution in [1.29, 1.82) is 0 Å². The number of aromatic nitrogens is 2. The van der Waals surface area contributed by atoms with Crippen LogP contribution in [0, 0.1) is 5.92 Å². The molecule has 0 bridgehead atoms. The van der Waals surface area contributed by atoms with Crippen LogP contribution in [0.5, 0.6) is 0 Å². The zero-order valence-electron chi connectivity index (χ0n) is 8.95. The van der Waals surface area contributed by atoms with E-state index in [4.69, 9.17) is 0 Å². The molecule has 0 aliphatic carbocycles. The first-order chi connectivity index (χ1) is 6.65. The highest BCUT2D eigenvalue weighted by atomic mass is 16.1. The van der Waals surface area contributed by atoms with Crippen molar-refractivity contribution >= 4 is 5.78 Å². The second-order valence-electron chi connectivity index (χ2n) is 3.75. The molecule has 1 N–H and O–H groups in total. The van der Waals surface area contributed by atoms with Crippen LogP contribution in [-0.4, -0.2) is 29.2 Å². The minimum Gasteiger partial charge on any atom is -0.313 e. The van der Waals surface area contributed by atoms with E-state index in [0.29, 0.717) is 18.2 Å². The molecule has 0 saturated heterocycles. The number of rotatable bonds is 5. The Bertz CT molecular complexity index is 304. The molecule has 0 aromatic carbocycles. The van der Waals surface area contributed by atoms with E-state index in [2.05, 4.69) is 24.3 Å². The van der Waals surface area contributed by atoms with Crippen LogP contribution in [0.15, 0.2) is 12.3 Å². The molecule has 0 fully saturated rings. The summed E-state index contributed by atoms with van der Waals surface area (Å²) in [7, 11) is 1.76. The normalized spacial score (nSPS) is 10.9. The summed E-state index contributed by atoms with van der Waals surface area (Å²) in [6, 6.07) is 1.77. The van der Waals surface area contributed by atoms with Crippen molar-refractivity contribution in [3.63, 3.8) is 0 Å². The number of hydrogen-bond acceptors (Lipinski definition) is 3. The third-order valence-electron chi connectivity index (χ3n) is 1.88. The highest BCUT2D eigenvalue weighted by Gasteiger charge is 2.11. The van der Waals surface area contributed by atoms with Gasteiger partial charge in [-0.25, -0.2) is 0 Å². The summed E-state index contributed by atoms with van der Waals surface area (Å²) >= 11 is 0. The van der Waals surface area contributed by atoms with E-state index in [-0.39, 0.29) is 5.78 Å². The summed E-state index contributed by atoms with van der Waals surface area (Å²) in [6.07, 6.45) is 1.67. The van der Waals surface area contributed by atoms with Crippen molar-refractivity contribution in [1.82, 2.24) is 15.1 Å². The molecule has 0 amide bonds. The molecule has 0 unspecified atom stereocenters. The molecule has 0 aliphatic heterocycles. The summed E-state index contributed by atoms with van der Waals surface area (Å²) < 4.78 is 1.77. The Labute approximate surface area is 84.3 Å². The van der Waals surface area contributed by atoms with Crippen LogP contribution in [0.2, 0.25) is 0 Å². The first-order valence-corrected chi connectivity index (χ1v) is 4.84. The maximum absolute atomic E-state index is 11.6.